The SMILES string of the molecule is CNCCN(C)Cc1cc(Nc2ncc(F)c(-c3ccc(F)cc3OC)n2)cc2c1OCC(=O)N2C1CC1. The summed E-state index contributed by atoms with van der Waals surface area (Å²) in [5, 5.41) is 6.31. The van der Waals surface area contributed by atoms with Gasteiger partial charge >= 0.3 is 0 Å². The second kappa shape index (κ2) is 10.9. The highest BCUT2D eigenvalue weighted by Gasteiger charge is 2.39. The summed E-state index contributed by atoms with van der Waals surface area (Å²) in [6.45, 7) is 2.24. The standard InChI is InChI=1S/C27H30F2N6O3/c1-30-8-9-34(2)14-16-10-18(12-22-26(16)38-15-24(36)35(22)19-5-6-19)32-27-31-13-21(29)25(33-27)20-7-4-17(28)11-23(20)37-3/h4,7,10-13,19,30H,5-6,8-9,14-15H2,1-3H3,(H,31,32,33). The molecule has 1 saturated carbocycles. The summed E-state index contributed by atoms with van der Waals surface area (Å²) < 4.78 is 39.6. The lowest BCUT2D eigenvalue weighted by atomic mass is 10.1. The number of anilines is 3. The van der Waals surface area contributed by atoms with Gasteiger partial charge in [-0.3, -0.25) is 4.79 Å². The van der Waals surface area contributed by atoms with Crippen LogP contribution < -0.4 is 25.0 Å². The van der Waals surface area contributed by atoms with Gasteiger partial charge in [0.2, 0.25) is 5.95 Å². The number of amides is 1. The van der Waals surface area contributed by atoms with E-state index < -0.39 is 11.6 Å². The van der Waals surface area contributed by atoms with Crippen molar-refractivity contribution in [3.05, 3.63) is 53.7 Å². The quantitative estimate of drug-likeness (QED) is 0.415. The summed E-state index contributed by atoms with van der Waals surface area (Å²) in [4.78, 5) is 25.2. The molecule has 0 unspecified atom stereocenters. The molecule has 2 aliphatic rings. The summed E-state index contributed by atoms with van der Waals surface area (Å²) in [6, 6.07) is 7.74. The first-order valence-electron chi connectivity index (χ1n) is 12.5. The molecule has 2 heterocycles. The highest BCUT2D eigenvalue weighted by molar-refractivity contribution is 6.00. The fourth-order valence-corrected chi connectivity index (χ4v) is 4.56. The Morgan fingerprint density at radius 2 is 2.05 bits per heavy atom. The van der Waals surface area contributed by atoms with Gasteiger partial charge in [0, 0.05) is 48.6 Å². The summed E-state index contributed by atoms with van der Waals surface area (Å²) in [6.07, 6.45) is 2.95. The topological polar surface area (TPSA) is 91.9 Å². The Bertz CT molecular complexity index is 1350. The fraction of sp³-hybridized carbons (Fsp3) is 0.370. The lowest BCUT2D eigenvalue weighted by molar-refractivity contribution is -0.121. The largest absolute Gasteiger partial charge is 0.496 e. The first-order valence-corrected chi connectivity index (χ1v) is 12.5. The number of methoxy groups -OCH3 is 1. The van der Waals surface area contributed by atoms with E-state index in [9.17, 15) is 13.6 Å². The van der Waals surface area contributed by atoms with Gasteiger partial charge in [0.25, 0.3) is 5.91 Å². The minimum atomic E-state index is -0.670. The molecule has 2 N–H and O–H groups in total. The lowest BCUT2D eigenvalue weighted by Gasteiger charge is -2.32. The van der Waals surface area contributed by atoms with E-state index in [1.165, 1.54) is 25.3 Å². The van der Waals surface area contributed by atoms with Gasteiger partial charge < -0.3 is 29.9 Å². The minimum Gasteiger partial charge on any atom is -0.496 e. The number of nitrogens with one attached hydrogen (secondary N) is 2. The third-order valence-corrected chi connectivity index (χ3v) is 6.53. The highest BCUT2D eigenvalue weighted by atomic mass is 19.1. The molecule has 0 saturated heterocycles. The van der Waals surface area contributed by atoms with Crippen molar-refractivity contribution in [1.29, 1.82) is 0 Å². The van der Waals surface area contributed by atoms with E-state index in [0.29, 0.717) is 29.2 Å². The number of fused-ring (bicyclic) bond motifs is 1. The van der Waals surface area contributed by atoms with Gasteiger partial charge in [-0.25, -0.2) is 18.7 Å². The molecule has 1 amide bonds. The molecule has 9 nitrogen and oxygen atoms in total. The smallest absolute Gasteiger partial charge is 0.265 e. The van der Waals surface area contributed by atoms with Crippen LogP contribution in [0.4, 0.5) is 26.1 Å². The number of likely N-dealkylation sites (N-methyl/N-ethyl adjacent to an activating group) is 2. The van der Waals surface area contributed by atoms with Crippen LogP contribution in [-0.2, 0) is 11.3 Å². The van der Waals surface area contributed by atoms with Crippen molar-refractivity contribution in [1.82, 2.24) is 20.2 Å². The van der Waals surface area contributed by atoms with Crippen LogP contribution in [-0.4, -0.2) is 67.7 Å². The van der Waals surface area contributed by atoms with Crippen LogP contribution in [0.1, 0.15) is 18.4 Å². The molecule has 0 bridgehead atoms. The maximum Gasteiger partial charge on any atom is 0.265 e. The van der Waals surface area contributed by atoms with E-state index in [4.69, 9.17) is 9.47 Å². The number of aromatic nitrogens is 2. The van der Waals surface area contributed by atoms with Crippen molar-refractivity contribution in [2.24, 2.45) is 0 Å². The average Bonchev–Trinajstić information content (AvgIpc) is 3.73. The number of nitrogens with zero attached hydrogens (tertiary/aromatic N) is 4. The van der Waals surface area contributed by atoms with Crippen LogP contribution in [0.3, 0.4) is 0 Å². The van der Waals surface area contributed by atoms with Crippen LogP contribution in [0.15, 0.2) is 36.5 Å². The van der Waals surface area contributed by atoms with Gasteiger partial charge in [0.15, 0.2) is 12.4 Å². The number of hydrogen-bond donors (Lipinski definition) is 2. The van der Waals surface area contributed by atoms with E-state index in [1.807, 2.05) is 31.1 Å². The number of hydrogen-bond acceptors (Lipinski definition) is 8. The molecule has 1 aliphatic carbocycles. The van der Waals surface area contributed by atoms with E-state index in [2.05, 4.69) is 25.5 Å². The van der Waals surface area contributed by atoms with Crippen LogP contribution >= 0.6 is 0 Å². The minimum absolute atomic E-state index is 0.00738. The molecule has 38 heavy (non-hydrogen) atoms. The molecular weight excluding hydrogens is 494 g/mol. The zero-order valence-electron chi connectivity index (χ0n) is 21.6. The first-order chi connectivity index (χ1) is 18.4. The predicted molar refractivity (Wildman–Crippen MR) is 140 cm³/mol. The monoisotopic (exact) mass is 524 g/mol. The van der Waals surface area contributed by atoms with Crippen molar-refractivity contribution in [3.63, 3.8) is 0 Å². The van der Waals surface area contributed by atoms with Crippen LogP contribution in [0.2, 0.25) is 0 Å². The Hall–Kier alpha value is -3.83. The number of halogens is 2. The number of benzene rings is 2. The Labute approximate surface area is 219 Å². The zero-order valence-corrected chi connectivity index (χ0v) is 21.6. The van der Waals surface area contributed by atoms with Crippen LogP contribution in [0, 0.1) is 11.6 Å². The first kappa shape index (κ1) is 25.8. The van der Waals surface area contributed by atoms with Crippen molar-refractivity contribution in [3.8, 4) is 22.8 Å². The summed E-state index contributed by atoms with van der Waals surface area (Å²) in [5.74, 6) is -0.257. The average molecular weight is 525 g/mol. The van der Waals surface area contributed by atoms with Gasteiger partial charge in [-0.1, -0.05) is 0 Å². The highest BCUT2D eigenvalue weighted by Crippen LogP contribution is 2.44. The molecule has 1 fully saturated rings. The van der Waals surface area contributed by atoms with Crippen LogP contribution in [0.25, 0.3) is 11.3 Å². The van der Waals surface area contributed by atoms with Crippen LogP contribution in [0.5, 0.6) is 11.5 Å². The lowest BCUT2D eigenvalue weighted by Crippen LogP contribution is -2.41. The third-order valence-electron chi connectivity index (χ3n) is 6.53. The van der Waals surface area contributed by atoms with E-state index in [-0.39, 0.29) is 35.9 Å². The molecule has 11 heteroatoms. The Balaban J connectivity index is 1.52. The second-order valence-corrected chi connectivity index (χ2v) is 9.47. The van der Waals surface area contributed by atoms with E-state index in [1.54, 1.807) is 0 Å². The van der Waals surface area contributed by atoms with E-state index in [0.717, 1.165) is 37.7 Å². The third kappa shape index (κ3) is 5.39. The molecule has 1 aliphatic heterocycles. The van der Waals surface area contributed by atoms with Gasteiger partial charge in [-0.15, -0.1) is 0 Å². The van der Waals surface area contributed by atoms with Crippen molar-refractivity contribution in [2.45, 2.75) is 25.4 Å². The number of rotatable bonds is 10. The zero-order chi connectivity index (χ0) is 26.8. The Kier molecular flexibility index (Phi) is 7.39. The van der Waals surface area contributed by atoms with Crippen molar-refractivity contribution >= 4 is 23.2 Å². The second-order valence-electron chi connectivity index (χ2n) is 9.47. The van der Waals surface area contributed by atoms with Gasteiger partial charge in [0.05, 0.1) is 19.0 Å². The Morgan fingerprint density at radius 1 is 1.24 bits per heavy atom. The summed E-state index contributed by atoms with van der Waals surface area (Å²) in [5.41, 5.74) is 2.52. The predicted octanol–water partition coefficient (Wildman–Crippen LogP) is 3.71. The molecule has 200 valence electrons. The maximum absolute atomic E-state index is 14.8. The van der Waals surface area contributed by atoms with Crippen molar-refractivity contribution < 1.29 is 23.0 Å². The molecule has 0 atom stereocenters. The normalized spacial score (nSPS) is 14.9. The molecule has 0 radical (unpaired) electrons. The summed E-state index contributed by atoms with van der Waals surface area (Å²) >= 11 is 0. The molecule has 3 aromatic rings. The van der Waals surface area contributed by atoms with Gasteiger partial charge in [0.1, 0.15) is 23.0 Å². The van der Waals surface area contributed by atoms with Gasteiger partial charge in [-0.05, 0) is 51.2 Å². The fourth-order valence-electron chi connectivity index (χ4n) is 4.56. The number of ether oxygens (including phenoxy) is 2. The van der Waals surface area contributed by atoms with Crippen molar-refractivity contribution in [2.75, 3.05) is 51.1 Å². The van der Waals surface area contributed by atoms with Gasteiger partial charge in [-0.2, -0.15) is 0 Å². The Morgan fingerprint density at radius 3 is 2.79 bits per heavy atom. The summed E-state index contributed by atoms with van der Waals surface area (Å²) in [7, 11) is 5.30. The van der Waals surface area contributed by atoms with E-state index >= 15 is 0 Å². The molecular formula is C27H30F2N6O3. The molecule has 5 rings (SSSR count). The molecule has 0 spiro atoms. The maximum atomic E-state index is 14.8. The molecule has 2 aromatic carbocycles. The molecule has 1 aromatic heterocycles. The number of carbonyl (C=O) groups excluding carboxylic acids is 1. The number of carbonyl (C=O) groups is 1.